The standard InChI is InChI=1S/C22H32ClN7.HI/c1-5-11-24-22(26-15-20-28-27-16(2)30(20)4)25-14-18-9-7-12-29(3)21(18)17-8-6-10-19(23)13-17;/h5-6,8,10,13,18,21H,1,7,9,11-12,14-15H2,2-4H3,(H2,24,25,26);1H. The van der Waals surface area contributed by atoms with E-state index in [0.29, 0.717) is 25.0 Å². The number of guanidine groups is 1. The van der Waals surface area contributed by atoms with Crippen LogP contribution in [-0.2, 0) is 13.6 Å². The smallest absolute Gasteiger partial charge is 0.191 e. The summed E-state index contributed by atoms with van der Waals surface area (Å²) in [6.45, 7) is 8.76. The summed E-state index contributed by atoms with van der Waals surface area (Å²) in [4.78, 5) is 7.14. The Kier molecular flexibility index (Phi) is 10.2. The van der Waals surface area contributed by atoms with Crippen LogP contribution in [0.4, 0.5) is 0 Å². The molecule has 2 N–H and O–H groups in total. The zero-order valence-corrected chi connectivity index (χ0v) is 21.6. The zero-order valence-electron chi connectivity index (χ0n) is 18.5. The van der Waals surface area contributed by atoms with Crippen LogP contribution in [-0.4, -0.2) is 52.3 Å². The van der Waals surface area contributed by atoms with Crippen molar-refractivity contribution >= 4 is 41.5 Å². The third-order valence-electron chi connectivity index (χ3n) is 5.70. The molecule has 1 aliphatic rings. The third-order valence-corrected chi connectivity index (χ3v) is 5.94. The molecule has 2 atom stereocenters. The van der Waals surface area contributed by atoms with E-state index in [1.165, 1.54) is 12.0 Å². The molecule has 1 aliphatic heterocycles. The fraction of sp³-hybridized carbons (Fsp3) is 0.500. The van der Waals surface area contributed by atoms with Gasteiger partial charge in [-0.2, -0.15) is 0 Å². The topological polar surface area (TPSA) is 70.4 Å². The number of aromatic nitrogens is 3. The largest absolute Gasteiger partial charge is 0.356 e. The van der Waals surface area contributed by atoms with E-state index in [-0.39, 0.29) is 24.0 Å². The SMILES string of the molecule is C=CCNC(=NCc1nnc(C)n1C)NCC1CCCN(C)C1c1cccc(Cl)c1.I. The normalized spacial score (nSPS) is 19.5. The average molecular weight is 558 g/mol. The minimum absolute atomic E-state index is 0. The molecule has 0 aliphatic carbocycles. The first kappa shape index (κ1) is 25.6. The molecule has 7 nitrogen and oxygen atoms in total. The third kappa shape index (κ3) is 6.92. The lowest BCUT2D eigenvalue weighted by Gasteiger charge is -2.40. The molecule has 0 saturated carbocycles. The minimum Gasteiger partial charge on any atom is -0.356 e. The summed E-state index contributed by atoms with van der Waals surface area (Å²) in [6, 6.07) is 8.55. The Morgan fingerprint density at radius 1 is 1.32 bits per heavy atom. The molecule has 3 rings (SSSR count). The fourth-order valence-electron chi connectivity index (χ4n) is 4.00. The summed E-state index contributed by atoms with van der Waals surface area (Å²) in [7, 11) is 4.15. The maximum atomic E-state index is 6.27. The monoisotopic (exact) mass is 557 g/mol. The number of piperidine rings is 1. The molecule has 0 amide bonds. The predicted molar refractivity (Wildman–Crippen MR) is 138 cm³/mol. The van der Waals surface area contributed by atoms with Crippen LogP contribution in [0.5, 0.6) is 0 Å². The van der Waals surface area contributed by atoms with E-state index in [2.05, 4.69) is 51.5 Å². The first-order chi connectivity index (χ1) is 14.5. The predicted octanol–water partition coefficient (Wildman–Crippen LogP) is 3.70. The van der Waals surface area contributed by atoms with Gasteiger partial charge in [0.25, 0.3) is 0 Å². The van der Waals surface area contributed by atoms with Gasteiger partial charge in [-0.3, -0.25) is 4.90 Å². The molecule has 170 valence electrons. The van der Waals surface area contributed by atoms with E-state index in [1.54, 1.807) is 0 Å². The lowest BCUT2D eigenvalue weighted by atomic mass is 9.85. The second-order valence-corrected chi connectivity index (χ2v) is 8.26. The number of aliphatic imine (C=N–C) groups is 1. The van der Waals surface area contributed by atoms with E-state index in [1.807, 2.05) is 36.7 Å². The Hall–Kier alpha value is -1.65. The quantitative estimate of drug-likeness (QED) is 0.235. The molecule has 0 bridgehead atoms. The van der Waals surface area contributed by atoms with Gasteiger partial charge in [-0.25, -0.2) is 4.99 Å². The van der Waals surface area contributed by atoms with Gasteiger partial charge in [-0.05, 0) is 57.0 Å². The molecule has 0 spiro atoms. The molecule has 2 heterocycles. The molecule has 31 heavy (non-hydrogen) atoms. The van der Waals surface area contributed by atoms with E-state index in [9.17, 15) is 0 Å². The van der Waals surface area contributed by atoms with E-state index in [0.717, 1.165) is 42.1 Å². The summed E-state index contributed by atoms with van der Waals surface area (Å²) in [5.41, 5.74) is 1.27. The van der Waals surface area contributed by atoms with Crippen LogP contribution in [0.1, 0.15) is 36.1 Å². The number of halogens is 2. The van der Waals surface area contributed by atoms with Crippen LogP contribution in [0.3, 0.4) is 0 Å². The van der Waals surface area contributed by atoms with Gasteiger partial charge in [-0.1, -0.05) is 29.8 Å². The van der Waals surface area contributed by atoms with Crippen LogP contribution in [0.25, 0.3) is 0 Å². The van der Waals surface area contributed by atoms with Crippen molar-refractivity contribution in [1.29, 1.82) is 0 Å². The van der Waals surface area contributed by atoms with Crippen LogP contribution < -0.4 is 10.6 Å². The first-order valence-electron chi connectivity index (χ1n) is 10.4. The molecule has 9 heteroatoms. The Morgan fingerprint density at radius 3 is 2.81 bits per heavy atom. The minimum atomic E-state index is 0. The molecule has 1 fully saturated rings. The number of aryl methyl sites for hydroxylation is 1. The summed E-state index contributed by atoms with van der Waals surface area (Å²) in [6.07, 6.45) is 4.17. The van der Waals surface area contributed by atoms with Crippen molar-refractivity contribution in [3.8, 4) is 0 Å². The first-order valence-corrected chi connectivity index (χ1v) is 10.8. The molecule has 0 radical (unpaired) electrons. The number of likely N-dealkylation sites (tertiary alicyclic amines) is 1. The van der Waals surface area contributed by atoms with Gasteiger partial charge in [0.15, 0.2) is 11.8 Å². The van der Waals surface area contributed by atoms with Crippen molar-refractivity contribution in [3.05, 3.63) is 59.2 Å². The average Bonchev–Trinajstić information content (AvgIpc) is 3.05. The van der Waals surface area contributed by atoms with E-state index < -0.39 is 0 Å². The highest BCUT2D eigenvalue weighted by molar-refractivity contribution is 14.0. The van der Waals surface area contributed by atoms with Crippen molar-refractivity contribution in [2.45, 2.75) is 32.4 Å². The number of nitrogens with one attached hydrogen (secondary N) is 2. The molecule has 1 aromatic carbocycles. The van der Waals surface area contributed by atoms with Gasteiger partial charge >= 0.3 is 0 Å². The van der Waals surface area contributed by atoms with Crippen LogP contribution in [0, 0.1) is 12.8 Å². The number of nitrogens with zero attached hydrogens (tertiary/aromatic N) is 5. The highest BCUT2D eigenvalue weighted by Crippen LogP contribution is 2.35. The Balaban J connectivity index is 0.00000341. The second kappa shape index (κ2) is 12.4. The molecule has 1 saturated heterocycles. The Bertz CT molecular complexity index is 882. The highest BCUT2D eigenvalue weighted by Gasteiger charge is 2.30. The van der Waals surface area contributed by atoms with Crippen LogP contribution in [0.2, 0.25) is 5.02 Å². The highest BCUT2D eigenvalue weighted by atomic mass is 127. The lowest BCUT2D eigenvalue weighted by molar-refractivity contribution is 0.122. The summed E-state index contributed by atoms with van der Waals surface area (Å²) < 4.78 is 1.96. The van der Waals surface area contributed by atoms with Crippen molar-refractivity contribution in [1.82, 2.24) is 30.3 Å². The molecular formula is C22H33ClIN7. The van der Waals surface area contributed by atoms with Crippen molar-refractivity contribution in [2.24, 2.45) is 18.0 Å². The van der Waals surface area contributed by atoms with Crippen molar-refractivity contribution in [3.63, 3.8) is 0 Å². The maximum absolute atomic E-state index is 6.27. The van der Waals surface area contributed by atoms with Gasteiger partial charge in [0.05, 0.1) is 0 Å². The molecule has 1 aromatic heterocycles. The van der Waals surface area contributed by atoms with Gasteiger partial charge in [0.2, 0.25) is 0 Å². The van der Waals surface area contributed by atoms with Crippen LogP contribution >= 0.6 is 35.6 Å². The Morgan fingerprint density at radius 2 is 2.13 bits per heavy atom. The summed E-state index contributed by atoms with van der Waals surface area (Å²) in [5, 5.41) is 15.9. The van der Waals surface area contributed by atoms with E-state index >= 15 is 0 Å². The number of hydrogen-bond donors (Lipinski definition) is 2. The molecular weight excluding hydrogens is 525 g/mol. The summed E-state index contributed by atoms with van der Waals surface area (Å²) in [5.74, 6) is 2.92. The van der Waals surface area contributed by atoms with Gasteiger partial charge in [-0.15, -0.1) is 40.8 Å². The fourth-order valence-corrected chi connectivity index (χ4v) is 4.20. The molecule has 2 unspecified atom stereocenters. The van der Waals surface area contributed by atoms with Gasteiger partial charge in [0, 0.05) is 31.2 Å². The Labute approximate surface area is 207 Å². The second-order valence-electron chi connectivity index (χ2n) is 7.82. The van der Waals surface area contributed by atoms with Gasteiger partial charge < -0.3 is 15.2 Å². The molecule has 2 aromatic rings. The van der Waals surface area contributed by atoms with E-state index in [4.69, 9.17) is 16.6 Å². The van der Waals surface area contributed by atoms with Crippen LogP contribution in [0.15, 0.2) is 41.9 Å². The van der Waals surface area contributed by atoms with Crippen molar-refractivity contribution < 1.29 is 0 Å². The lowest BCUT2D eigenvalue weighted by Crippen LogP contribution is -2.45. The number of hydrogen-bond acceptors (Lipinski definition) is 4. The summed E-state index contributed by atoms with van der Waals surface area (Å²) >= 11 is 6.27. The number of rotatable bonds is 7. The van der Waals surface area contributed by atoms with Gasteiger partial charge in [0.1, 0.15) is 12.4 Å². The number of benzene rings is 1. The maximum Gasteiger partial charge on any atom is 0.191 e. The zero-order chi connectivity index (χ0) is 21.5. The van der Waals surface area contributed by atoms with Crippen molar-refractivity contribution in [2.75, 3.05) is 26.7 Å².